The van der Waals surface area contributed by atoms with Crippen molar-refractivity contribution in [2.75, 3.05) is 7.11 Å². The van der Waals surface area contributed by atoms with E-state index in [-0.39, 0.29) is 23.8 Å². The fraction of sp³-hybridized carbons (Fsp3) is 0.261. The molecule has 0 amide bonds. The zero-order valence-corrected chi connectivity index (χ0v) is 18.8. The minimum atomic E-state index is -4.51. The van der Waals surface area contributed by atoms with E-state index in [1.807, 2.05) is 0 Å². The van der Waals surface area contributed by atoms with E-state index in [9.17, 15) is 13.2 Å². The van der Waals surface area contributed by atoms with Gasteiger partial charge in [0.1, 0.15) is 18.2 Å². The average molecular weight is 477 g/mol. The molecule has 0 saturated heterocycles. The molecule has 0 aliphatic rings. The highest BCUT2D eigenvalue weighted by Crippen LogP contribution is 2.33. The maximum absolute atomic E-state index is 13.2. The molecule has 2 aromatic carbocycles. The molecule has 0 N–H and O–H groups in total. The Morgan fingerprint density at radius 1 is 1.03 bits per heavy atom. The maximum atomic E-state index is 13.2. The minimum Gasteiger partial charge on any atom is -0.497 e. The van der Waals surface area contributed by atoms with Gasteiger partial charge in [-0.15, -0.1) is 0 Å². The predicted octanol–water partition coefficient (Wildman–Crippen LogP) is 6.33. The lowest BCUT2D eigenvalue weighted by Crippen LogP contribution is -2.05. The Hall–Kier alpha value is -3.33. The molecule has 0 atom stereocenters. The van der Waals surface area contributed by atoms with E-state index in [1.54, 1.807) is 63.4 Å². The van der Waals surface area contributed by atoms with Crippen LogP contribution in [0.3, 0.4) is 0 Å². The average Bonchev–Trinajstić information content (AvgIpc) is 3.24. The molecular weight excluding hydrogens is 457 g/mol. The third-order valence-electron chi connectivity index (χ3n) is 5.01. The number of methoxy groups -OCH3 is 1. The van der Waals surface area contributed by atoms with Crippen molar-refractivity contribution in [3.63, 3.8) is 0 Å². The molecule has 33 heavy (non-hydrogen) atoms. The summed E-state index contributed by atoms with van der Waals surface area (Å²) in [6.45, 7) is 3.78. The molecule has 0 spiro atoms. The summed E-state index contributed by atoms with van der Waals surface area (Å²) in [6, 6.07) is 12.1. The molecular formula is C23H20ClF3N4O2. The van der Waals surface area contributed by atoms with E-state index in [1.165, 1.54) is 4.57 Å². The zero-order valence-electron chi connectivity index (χ0n) is 18.0. The second-order valence-corrected chi connectivity index (χ2v) is 7.95. The van der Waals surface area contributed by atoms with Crippen molar-refractivity contribution in [3.8, 4) is 23.0 Å². The molecule has 0 radical (unpaired) electrons. The van der Waals surface area contributed by atoms with Crippen molar-refractivity contribution < 1.29 is 22.6 Å². The number of alkyl halides is 3. The lowest BCUT2D eigenvalue weighted by atomic mass is 10.1. The van der Waals surface area contributed by atoms with E-state index >= 15 is 0 Å². The first-order valence-corrected chi connectivity index (χ1v) is 10.4. The summed E-state index contributed by atoms with van der Waals surface area (Å²) in [5, 5.41) is 0.702. The second kappa shape index (κ2) is 8.90. The molecule has 4 rings (SSSR count). The maximum Gasteiger partial charge on any atom is 0.434 e. The summed E-state index contributed by atoms with van der Waals surface area (Å²) < 4.78 is 52.1. The van der Waals surface area contributed by atoms with Crippen LogP contribution in [0, 0.1) is 0 Å². The van der Waals surface area contributed by atoms with Crippen molar-refractivity contribution in [1.82, 2.24) is 19.5 Å². The first kappa shape index (κ1) is 22.8. The van der Waals surface area contributed by atoms with Gasteiger partial charge in [0.05, 0.1) is 18.0 Å². The van der Waals surface area contributed by atoms with Gasteiger partial charge in [0, 0.05) is 17.8 Å². The highest BCUT2D eigenvalue weighted by atomic mass is 35.5. The van der Waals surface area contributed by atoms with Crippen molar-refractivity contribution in [3.05, 3.63) is 65.2 Å². The number of hydrogen-bond donors (Lipinski definition) is 0. The SMILES string of the molecule is COc1ccc2nc(Cl)nc(OCc3ccc(-c4nc(C(F)(F)F)cn4C(C)C)cc3)c2c1. The van der Waals surface area contributed by atoms with Gasteiger partial charge in [-0.1, -0.05) is 24.3 Å². The van der Waals surface area contributed by atoms with E-state index < -0.39 is 11.9 Å². The van der Waals surface area contributed by atoms with Crippen LogP contribution in [0.25, 0.3) is 22.3 Å². The molecule has 10 heteroatoms. The Bertz CT molecular complexity index is 1290. The Morgan fingerprint density at radius 2 is 1.76 bits per heavy atom. The van der Waals surface area contributed by atoms with Crippen LogP contribution >= 0.6 is 11.6 Å². The lowest BCUT2D eigenvalue weighted by Gasteiger charge is -2.12. The molecule has 2 heterocycles. The molecule has 6 nitrogen and oxygen atoms in total. The van der Waals surface area contributed by atoms with E-state index in [0.29, 0.717) is 28.1 Å². The molecule has 0 aliphatic heterocycles. The standard InChI is InChI=1S/C23H20ClF3N4O2/c1-13(2)31-11-19(23(25,26)27)29-20(31)15-6-4-14(5-7-15)12-33-21-17-10-16(32-3)8-9-18(17)28-22(24)30-21/h4-11,13H,12H2,1-3H3. The van der Waals surface area contributed by atoms with Crippen LogP contribution in [0.2, 0.25) is 5.28 Å². The Balaban J connectivity index is 1.58. The Labute approximate surface area is 193 Å². The van der Waals surface area contributed by atoms with Gasteiger partial charge in [-0.2, -0.15) is 18.2 Å². The normalized spacial score (nSPS) is 11.9. The van der Waals surface area contributed by atoms with Crippen LogP contribution in [-0.4, -0.2) is 26.6 Å². The van der Waals surface area contributed by atoms with Crippen LogP contribution in [-0.2, 0) is 12.8 Å². The Kier molecular flexibility index (Phi) is 6.16. The number of aromatic nitrogens is 4. The van der Waals surface area contributed by atoms with Crippen molar-refractivity contribution in [2.45, 2.75) is 32.7 Å². The van der Waals surface area contributed by atoms with Crippen LogP contribution in [0.4, 0.5) is 13.2 Å². The number of nitrogens with zero attached hydrogens (tertiary/aromatic N) is 4. The Morgan fingerprint density at radius 3 is 2.39 bits per heavy atom. The molecule has 2 aromatic heterocycles. The van der Waals surface area contributed by atoms with E-state index in [0.717, 1.165) is 11.8 Å². The van der Waals surface area contributed by atoms with E-state index in [2.05, 4.69) is 15.0 Å². The smallest absolute Gasteiger partial charge is 0.434 e. The van der Waals surface area contributed by atoms with Crippen LogP contribution in [0.1, 0.15) is 31.1 Å². The monoisotopic (exact) mass is 476 g/mol. The van der Waals surface area contributed by atoms with Gasteiger partial charge in [0.15, 0.2) is 5.69 Å². The van der Waals surface area contributed by atoms with Gasteiger partial charge in [0.25, 0.3) is 0 Å². The van der Waals surface area contributed by atoms with Crippen LogP contribution < -0.4 is 9.47 Å². The van der Waals surface area contributed by atoms with Crippen molar-refractivity contribution in [2.24, 2.45) is 0 Å². The first-order chi connectivity index (χ1) is 15.7. The fourth-order valence-corrected chi connectivity index (χ4v) is 3.50. The number of hydrogen-bond acceptors (Lipinski definition) is 5. The number of imidazole rings is 1. The summed E-state index contributed by atoms with van der Waals surface area (Å²) >= 11 is 6.02. The highest BCUT2D eigenvalue weighted by molar-refractivity contribution is 6.28. The molecule has 0 aliphatic carbocycles. The molecule has 0 unspecified atom stereocenters. The van der Waals surface area contributed by atoms with Gasteiger partial charge in [0.2, 0.25) is 11.2 Å². The van der Waals surface area contributed by atoms with Gasteiger partial charge < -0.3 is 14.0 Å². The molecule has 0 bridgehead atoms. The molecule has 172 valence electrons. The van der Waals surface area contributed by atoms with Crippen LogP contribution in [0.5, 0.6) is 11.6 Å². The third-order valence-corrected chi connectivity index (χ3v) is 5.18. The summed E-state index contributed by atoms with van der Waals surface area (Å²) in [7, 11) is 1.56. The topological polar surface area (TPSA) is 62.1 Å². The lowest BCUT2D eigenvalue weighted by molar-refractivity contribution is -0.140. The van der Waals surface area contributed by atoms with Gasteiger partial charge in [-0.25, -0.2) is 9.97 Å². The summed E-state index contributed by atoms with van der Waals surface area (Å²) in [6.07, 6.45) is -3.47. The zero-order chi connectivity index (χ0) is 23.8. The predicted molar refractivity (Wildman–Crippen MR) is 118 cm³/mol. The first-order valence-electron chi connectivity index (χ1n) is 10.0. The number of halogens is 4. The number of rotatable bonds is 6. The number of ether oxygens (including phenoxy) is 2. The number of benzene rings is 2. The molecule has 0 saturated carbocycles. The summed E-state index contributed by atoms with van der Waals surface area (Å²) in [5.74, 6) is 1.19. The van der Waals surface area contributed by atoms with Crippen molar-refractivity contribution in [1.29, 1.82) is 0 Å². The van der Waals surface area contributed by atoms with Crippen molar-refractivity contribution >= 4 is 22.5 Å². The van der Waals surface area contributed by atoms with Gasteiger partial charge in [-0.3, -0.25) is 0 Å². The van der Waals surface area contributed by atoms with Crippen LogP contribution in [0.15, 0.2) is 48.7 Å². The van der Waals surface area contributed by atoms with E-state index in [4.69, 9.17) is 21.1 Å². The minimum absolute atomic E-state index is 0.0546. The quantitative estimate of drug-likeness (QED) is 0.304. The second-order valence-electron chi connectivity index (χ2n) is 7.61. The number of fused-ring (bicyclic) bond motifs is 1. The summed E-state index contributed by atoms with van der Waals surface area (Å²) in [5.41, 5.74) is 1.06. The van der Waals surface area contributed by atoms with Gasteiger partial charge in [-0.05, 0) is 49.2 Å². The summed E-state index contributed by atoms with van der Waals surface area (Å²) in [4.78, 5) is 12.2. The highest BCUT2D eigenvalue weighted by Gasteiger charge is 2.35. The fourth-order valence-electron chi connectivity index (χ4n) is 3.33. The molecule has 0 fully saturated rings. The molecule has 4 aromatic rings. The van der Waals surface area contributed by atoms with Gasteiger partial charge >= 0.3 is 6.18 Å². The largest absolute Gasteiger partial charge is 0.497 e. The third kappa shape index (κ3) is 4.88.